The van der Waals surface area contributed by atoms with E-state index < -0.39 is 0 Å². The van der Waals surface area contributed by atoms with Gasteiger partial charge in [-0.05, 0) is 126 Å². The van der Waals surface area contributed by atoms with Crippen LogP contribution in [0.25, 0.3) is 94.9 Å². The molecule has 0 radical (unpaired) electrons. The predicted octanol–water partition coefficient (Wildman–Crippen LogP) is 13.0. The number of aromatic nitrogens is 17. The summed E-state index contributed by atoms with van der Waals surface area (Å²) < 4.78 is 23.4. The fourth-order valence-corrected chi connectivity index (χ4v) is 11.6. The SMILES string of the molecule is Cc1c2c(cn1C)nc1ccccn12.Cc1c2nc3ccccn3c2cn1C.Cc1cc2c(nc3ccccn32)n1C.Cc1cc2nc3ccccn3c2n1C.Cc1nc2c(n1C)Cc1ccccc1-2.Cc1nc2cc3ccccn3c2n1C. The van der Waals surface area contributed by atoms with Crippen LogP contribution in [-0.4, -0.2) is 79.3 Å². The van der Waals surface area contributed by atoms with E-state index in [0.29, 0.717) is 0 Å². The van der Waals surface area contributed by atoms with Crippen molar-refractivity contribution in [1.82, 2.24) is 79.3 Å². The minimum Gasteiger partial charge on any atom is -0.351 e. The van der Waals surface area contributed by atoms with Crippen molar-refractivity contribution in [2.24, 2.45) is 42.3 Å². The first kappa shape index (κ1) is 52.9. The highest BCUT2D eigenvalue weighted by Gasteiger charge is 2.23. The molecule has 420 valence electrons. The Bertz CT molecular complexity index is 4890. The standard InChI is InChI=1S/C12H12N2.5C11H11N3/c1-8-13-12-10-6-4-3-5-9(10)7-11(12)14(8)2;1-8-11-9(7-13(8)2)14-6-4-3-5-10(14)12-11;1-8-11-9(7-13(8)2)12-10-5-3-4-6-14(10)11;1-8-12-10-7-9-5-3-4-6-14(9)11(10)13(8)2;1-8-7-9-11(13(8)2)12-10-5-3-4-6-14(9)10;1-8-7-9-11(13(8)2)14-6-4-3-5-10(14)12-9/h3-6H,7H2,1-2H3;5*3-7H,1-2H3. The molecule has 1 aromatic carbocycles. The van der Waals surface area contributed by atoms with Gasteiger partial charge in [-0.2, -0.15) is 0 Å². The van der Waals surface area contributed by atoms with Crippen molar-refractivity contribution >= 4 is 83.7 Å². The minimum absolute atomic E-state index is 1.01. The van der Waals surface area contributed by atoms with Crippen molar-refractivity contribution in [2.75, 3.05) is 0 Å². The van der Waals surface area contributed by atoms with Gasteiger partial charge in [-0.1, -0.05) is 54.6 Å². The molecule has 0 fully saturated rings. The number of rotatable bonds is 0. The Labute approximate surface area is 484 Å². The highest BCUT2D eigenvalue weighted by Crippen LogP contribution is 2.36. The highest BCUT2D eigenvalue weighted by atomic mass is 15.2. The van der Waals surface area contributed by atoms with Crippen LogP contribution < -0.4 is 0 Å². The summed E-state index contributed by atoms with van der Waals surface area (Å²) in [6, 6.07) is 45.3. The molecule has 0 bridgehead atoms. The zero-order valence-electron chi connectivity index (χ0n) is 49.6. The molecule has 17 aromatic rings. The van der Waals surface area contributed by atoms with Crippen molar-refractivity contribution in [3.8, 4) is 11.3 Å². The number of imidazole rings is 6. The summed E-state index contributed by atoms with van der Waals surface area (Å²) in [6.45, 7) is 12.5. The molecule has 1 aliphatic carbocycles. The Morgan fingerprint density at radius 3 is 1.65 bits per heavy atom. The van der Waals surface area contributed by atoms with Crippen LogP contribution in [0.5, 0.6) is 0 Å². The Morgan fingerprint density at radius 1 is 0.393 bits per heavy atom. The van der Waals surface area contributed by atoms with Crippen LogP contribution in [0.1, 0.15) is 45.7 Å². The van der Waals surface area contributed by atoms with Crippen LogP contribution in [0, 0.1) is 41.5 Å². The van der Waals surface area contributed by atoms with E-state index in [0.717, 1.165) is 79.7 Å². The fourth-order valence-electron chi connectivity index (χ4n) is 11.6. The minimum atomic E-state index is 1.01. The lowest BCUT2D eigenvalue weighted by atomic mass is 10.1. The summed E-state index contributed by atoms with van der Waals surface area (Å²) in [5.41, 5.74) is 26.7. The van der Waals surface area contributed by atoms with Crippen molar-refractivity contribution in [3.05, 3.63) is 223 Å². The van der Waals surface area contributed by atoms with Gasteiger partial charge in [0.1, 0.15) is 67.6 Å². The lowest BCUT2D eigenvalue weighted by molar-refractivity contribution is 0.810. The molecular weight excluding hydrogens is 1040 g/mol. The van der Waals surface area contributed by atoms with Gasteiger partial charge >= 0.3 is 0 Å². The largest absolute Gasteiger partial charge is 0.351 e. The first-order chi connectivity index (χ1) is 40.6. The van der Waals surface area contributed by atoms with Gasteiger partial charge < -0.3 is 31.8 Å². The van der Waals surface area contributed by atoms with Gasteiger partial charge in [0.25, 0.3) is 0 Å². The van der Waals surface area contributed by atoms with Gasteiger partial charge in [0.15, 0.2) is 5.65 Å². The second kappa shape index (κ2) is 20.8. The second-order valence-corrected chi connectivity index (χ2v) is 21.8. The third-order valence-corrected chi connectivity index (χ3v) is 16.7. The molecule has 0 unspecified atom stereocenters. The molecule has 17 nitrogen and oxygen atoms in total. The maximum atomic E-state index is 4.60. The van der Waals surface area contributed by atoms with Crippen LogP contribution in [0.4, 0.5) is 0 Å². The molecule has 0 N–H and O–H groups in total. The van der Waals surface area contributed by atoms with Crippen molar-refractivity contribution in [2.45, 2.75) is 48.0 Å². The van der Waals surface area contributed by atoms with Crippen LogP contribution in [0.3, 0.4) is 0 Å². The number of nitrogens with zero attached hydrogens (tertiary/aromatic N) is 17. The lowest BCUT2D eigenvalue weighted by Gasteiger charge is -1.99. The third kappa shape index (κ3) is 8.95. The molecule has 18 rings (SSSR count). The van der Waals surface area contributed by atoms with Crippen LogP contribution in [-0.2, 0) is 48.7 Å². The molecular formula is C67H67N17. The smallest absolute Gasteiger partial charge is 0.159 e. The van der Waals surface area contributed by atoms with Gasteiger partial charge in [-0.25, -0.2) is 29.9 Å². The zero-order valence-corrected chi connectivity index (χ0v) is 49.6. The van der Waals surface area contributed by atoms with Crippen LogP contribution in [0.15, 0.2) is 177 Å². The monoisotopic (exact) mass is 1110 g/mol. The molecule has 0 saturated carbocycles. The Balaban J connectivity index is 0.0000000940. The van der Waals surface area contributed by atoms with Crippen LogP contribution >= 0.6 is 0 Å². The first-order valence-electron chi connectivity index (χ1n) is 28.2. The molecule has 84 heavy (non-hydrogen) atoms. The maximum absolute atomic E-state index is 4.60. The third-order valence-electron chi connectivity index (χ3n) is 16.7. The molecule has 16 heterocycles. The molecule has 17 heteroatoms. The first-order valence-corrected chi connectivity index (χ1v) is 28.2. The fraction of sp³-hybridized carbons (Fsp3) is 0.194. The maximum Gasteiger partial charge on any atom is 0.159 e. The molecule has 1 aliphatic rings. The lowest BCUT2D eigenvalue weighted by Crippen LogP contribution is -1.97. The van der Waals surface area contributed by atoms with Crippen molar-refractivity contribution in [3.63, 3.8) is 0 Å². The number of benzene rings is 1. The number of fused-ring (bicyclic) bond motifs is 18. The van der Waals surface area contributed by atoms with Gasteiger partial charge in [0, 0.05) is 132 Å². The summed E-state index contributed by atoms with van der Waals surface area (Å²) in [6.07, 6.45) is 15.5. The molecule has 0 amide bonds. The normalized spacial score (nSPS) is 11.8. The Morgan fingerprint density at radius 2 is 0.929 bits per heavy atom. The van der Waals surface area contributed by atoms with E-state index in [-0.39, 0.29) is 0 Å². The number of hydrogen-bond donors (Lipinski definition) is 0. The molecule has 0 aliphatic heterocycles. The molecule has 16 aromatic heterocycles. The number of pyridine rings is 5. The van der Waals surface area contributed by atoms with Crippen LogP contribution in [0.2, 0.25) is 0 Å². The molecule has 0 atom stereocenters. The van der Waals surface area contributed by atoms with E-state index in [1.54, 1.807) is 0 Å². The van der Waals surface area contributed by atoms with Crippen molar-refractivity contribution in [1.29, 1.82) is 0 Å². The van der Waals surface area contributed by atoms with E-state index in [4.69, 9.17) is 0 Å². The van der Waals surface area contributed by atoms with E-state index in [9.17, 15) is 0 Å². The van der Waals surface area contributed by atoms with Gasteiger partial charge in [0.05, 0.1) is 22.2 Å². The Hall–Kier alpha value is -10.4. The van der Waals surface area contributed by atoms with Gasteiger partial charge in [0.2, 0.25) is 0 Å². The quantitative estimate of drug-likeness (QED) is 0.149. The van der Waals surface area contributed by atoms with E-state index >= 15 is 0 Å². The van der Waals surface area contributed by atoms with E-state index in [2.05, 4.69) is 201 Å². The highest BCUT2D eigenvalue weighted by molar-refractivity contribution is 5.85. The van der Waals surface area contributed by atoms with Crippen molar-refractivity contribution < 1.29 is 0 Å². The van der Waals surface area contributed by atoms with Gasteiger partial charge in [-0.3, -0.25) is 17.6 Å². The summed E-state index contributed by atoms with van der Waals surface area (Å²) in [7, 11) is 12.3. The summed E-state index contributed by atoms with van der Waals surface area (Å²) in [4.78, 5) is 27.3. The van der Waals surface area contributed by atoms with E-state index in [1.807, 2.05) is 139 Å². The second-order valence-electron chi connectivity index (χ2n) is 21.8. The number of aryl methyl sites for hydroxylation is 11. The van der Waals surface area contributed by atoms with Gasteiger partial charge in [-0.15, -0.1) is 0 Å². The number of hydrogen-bond acceptors (Lipinski definition) is 6. The Kier molecular flexibility index (Phi) is 13.1. The topological polar surface area (TPSA) is 129 Å². The summed E-state index contributed by atoms with van der Waals surface area (Å²) in [5.74, 6) is 2.15. The zero-order chi connectivity index (χ0) is 58.2. The predicted molar refractivity (Wildman–Crippen MR) is 338 cm³/mol. The van der Waals surface area contributed by atoms with E-state index in [1.165, 1.54) is 67.4 Å². The summed E-state index contributed by atoms with van der Waals surface area (Å²) in [5, 5.41) is 0. The average Bonchev–Trinajstić information content (AvgIpc) is 3.63. The molecule has 0 saturated heterocycles. The average molecular weight is 1110 g/mol. The molecule has 0 spiro atoms. The summed E-state index contributed by atoms with van der Waals surface area (Å²) >= 11 is 0.